The van der Waals surface area contributed by atoms with Crippen molar-refractivity contribution in [2.75, 3.05) is 49.8 Å². The zero-order valence-corrected chi connectivity index (χ0v) is 21.4. The maximum atomic E-state index is 9.99. The van der Waals surface area contributed by atoms with Crippen molar-refractivity contribution < 1.29 is 14.4 Å². The Morgan fingerprint density at radius 3 is 2.72 bits per heavy atom. The fourth-order valence-corrected chi connectivity index (χ4v) is 4.82. The summed E-state index contributed by atoms with van der Waals surface area (Å²) < 4.78 is 11.0. The van der Waals surface area contributed by atoms with E-state index in [4.69, 9.17) is 21.0 Å². The molecule has 1 aromatic heterocycles. The SMILES string of the molecule is COc1cc(N2CCC(N(C)C)CC2)ccc1Nc1ncc(Cl)c(Nc2ccc3c(c2)B(O)OC3)n1. The Morgan fingerprint density at radius 1 is 1.17 bits per heavy atom. The number of piperidine rings is 1. The van der Waals surface area contributed by atoms with Crippen molar-refractivity contribution in [3.8, 4) is 5.75 Å². The minimum Gasteiger partial charge on any atom is -0.494 e. The van der Waals surface area contributed by atoms with Gasteiger partial charge in [0.25, 0.3) is 0 Å². The Morgan fingerprint density at radius 2 is 1.97 bits per heavy atom. The molecule has 11 heteroatoms. The molecule has 0 unspecified atom stereocenters. The van der Waals surface area contributed by atoms with E-state index in [-0.39, 0.29) is 0 Å². The van der Waals surface area contributed by atoms with Crippen LogP contribution in [0, 0.1) is 0 Å². The molecule has 188 valence electrons. The summed E-state index contributed by atoms with van der Waals surface area (Å²) in [5.41, 5.74) is 4.33. The van der Waals surface area contributed by atoms with Crippen LogP contribution < -0.4 is 25.7 Å². The zero-order valence-electron chi connectivity index (χ0n) is 20.7. The smallest absolute Gasteiger partial charge is 0.491 e. The van der Waals surface area contributed by atoms with Crippen LogP contribution in [0.15, 0.2) is 42.6 Å². The average molecular weight is 509 g/mol. The van der Waals surface area contributed by atoms with Crippen LogP contribution in [-0.2, 0) is 11.3 Å². The number of ether oxygens (including phenoxy) is 1. The third kappa shape index (κ3) is 5.22. The number of halogens is 1. The molecule has 1 fully saturated rings. The quantitative estimate of drug-likeness (QED) is 0.415. The van der Waals surface area contributed by atoms with E-state index in [9.17, 15) is 5.02 Å². The van der Waals surface area contributed by atoms with E-state index in [1.165, 1.54) is 0 Å². The van der Waals surface area contributed by atoms with Gasteiger partial charge in [-0.15, -0.1) is 0 Å². The van der Waals surface area contributed by atoms with Crippen molar-refractivity contribution in [3.05, 3.63) is 53.2 Å². The fraction of sp³-hybridized carbons (Fsp3) is 0.360. The van der Waals surface area contributed by atoms with E-state index in [1.54, 1.807) is 13.3 Å². The number of fused-ring (bicyclic) bond motifs is 1. The molecule has 0 saturated carbocycles. The summed E-state index contributed by atoms with van der Waals surface area (Å²) in [6.07, 6.45) is 3.82. The number of aromatic nitrogens is 2. The molecule has 2 aliphatic rings. The van der Waals surface area contributed by atoms with Crippen LogP contribution >= 0.6 is 11.6 Å². The first-order valence-electron chi connectivity index (χ1n) is 12.0. The van der Waals surface area contributed by atoms with Crippen molar-refractivity contribution in [1.29, 1.82) is 0 Å². The van der Waals surface area contributed by atoms with Gasteiger partial charge in [0.15, 0.2) is 5.82 Å². The van der Waals surface area contributed by atoms with Crippen LogP contribution in [0.3, 0.4) is 0 Å². The molecular formula is C25H30BClN6O3. The highest BCUT2D eigenvalue weighted by Crippen LogP contribution is 2.33. The van der Waals surface area contributed by atoms with Crippen LogP contribution in [0.25, 0.3) is 0 Å². The van der Waals surface area contributed by atoms with E-state index in [0.717, 1.165) is 54.0 Å². The lowest BCUT2D eigenvalue weighted by Gasteiger charge is -2.36. The lowest BCUT2D eigenvalue weighted by atomic mass is 9.79. The fourth-order valence-electron chi connectivity index (χ4n) is 4.69. The molecule has 2 aliphatic heterocycles. The molecule has 2 aromatic carbocycles. The topological polar surface area (TPSA) is 95.0 Å². The van der Waals surface area contributed by atoms with Gasteiger partial charge in [-0.1, -0.05) is 17.7 Å². The molecule has 36 heavy (non-hydrogen) atoms. The second-order valence-electron chi connectivity index (χ2n) is 9.28. The van der Waals surface area contributed by atoms with Crippen molar-refractivity contribution in [2.45, 2.75) is 25.5 Å². The lowest BCUT2D eigenvalue weighted by Crippen LogP contribution is -2.41. The van der Waals surface area contributed by atoms with Gasteiger partial charge in [-0.25, -0.2) is 4.98 Å². The first-order valence-corrected chi connectivity index (χ1v) is 12.4. The summed E-state index contributed by atoms with van der Waals surface area (Å²) in [6.45, 7) is 2.42. The molecule has 0 radical (unpaired) electrons. The van der Waals surface area contributed by atoms with Gasteiger partial charge in [-0.05, 0) is 62.2 Å². The second kappa shape index (κ2) is 10.5. The monoisotopic (exact) mass is 508 g/mol. The molecule has 0 aliphatic carbocycles. The molecule has 0 spiro atoms. The number of nitrogens with one attached hydrogen (secondary N) is 2. The Labute approximate surface area is 216 Å². The Bertz CT molecular complexity index is 1240. The Balaban J connectivity index is 1.31. The van der Waals surface area contributed by atoms with E-state index < -0.39 is 7.12 Å². The Kier molecular flexibility index (Phi) is 7.20. The summed E-state index contributed by atoms with van der Waals surface area (Å²) in [4.78, 5) is 13.6. The average Bonchev–Trinajstić information content (AvgIpc) is 3.26. The predicted octanol–water partition coefficient (Wildman–Crippen LogP) is 3.37. The summed E-state index contributed by atoms with van der Waals surface area (Å²) in [5, 5.41) is 16.8. The van der Waals surface area contributed by atoms with Gasteiger partial charge in [0, 0.05) is 36.6 Å². The third-order valence-electron chi connectivity index (χ3n) is 6.81. The van der Waals surface area contributed by atoms with Gasteiger partial charge < -0.3 is 34.8 Å². The number of rotatable bonds is 7. The highest BCUT2D eigenvalue weighted by molar-refractivity contribution is 6.61. The largest absolute Gasteiger partial charge is 0.494 e. The molecule has 1 saturated heterocycles. The maximum absolute atomic E-state index is 9.99. The standard InChI is InChI=1S/C25H30BClN6O3/c1-32(2)18-8-10-33(11-9-18)19-6-7-22(23(13-19)35-3)30-25-28-14-21(27)24(31-25)29-17-5-4-16-15-36-26(34)20(16)12-17/h4-7,12-14,18,34H,8-11,15H2,1-3H3,(H2,28,29,30,31). The van der Waals surface area contributed by atoms with Gasteiger partial charge >= 0.3 is 7.12 Å². The van der Waals surface area contributed by atoms with E-state index in [2.05, 4.69) is 50.6 Å². The third-order valence-corrected chi connectivity index (χ3v) is 7.08. The van der Waals surface area contributed by atoms with Crippen LogP contribution in [0.4, 0.5) is 28.8 Å². The van der Waals surface area contributed by atoms with Crippen molar-refractivity contribution in [2.24, 2.45) is 0 Å². The zero-order chi connectivity index (χ0) is 25.2. The van der Waals surface area contributed by atoms with Gasteiger partial charge in [0.05, 0.1) is 25.6 Å². The van der Waals surface area contributed by atoms with Crippen molar-refractivity contribution >= 4 is 53.0 Å². The van der Waals surface area contributed by atoms with Crippen LogP contribution in [0.5, 0.6) is 5.75 Å². The molecule has 5 rings (SSSR count). The second-order valence-corrected chi connectivity index (χ2v) is 9.69. The van der Waals surface area contributed by atoms with Gasteiger partial charge in [-0.2, -0.15) is 4.98 Å². The number of benzene rings is 2. The van der Waals surface area contributed by atoms with Crippen LogP contribution in [0.2, 0.25) is 5.02 Å². The van der Waals surface area contributed by atoms with E-state index in [0.29, 0.717) is 35.2 Å². The molecule has 3 heterocycles. The first-order chi connectivity index (χ1) is 17.4. The van der Waals surface area contributed by atoms with Gasteiger partial charge in [0.2, 0.25) is 5.95 Å². The summed E-state index contributed by atoms with van der Waals surface area (Å²) in [7, 11) is 5.03. The molecule has 0 amide bonds. The predicted molar refractivity (Wildman–Crippen MR) is 144 cm³/mol. The minimum absolute atomic E-state index is 0.376. The Hall–Kier alpha value is -3.05. The molecule has 3 aromatic rings. The normalized spacial score (nSPS) is 15.8. The molecule has 3 N–H and O–H groups in total. The number of hydrogen-bond donors (Lipinski definition) is 3. The number of hydrogen-bond acceptors (Lipinski definition) is 9. The lowest BCUT2D eigenvalue weighted by molar-refractivity contribution is 0.249. The first kappa shape index (κ1) is 24.6. The summed E-state index contributed by atoms with van der Waals surface area (Å²) >= 11 is 6.37. The van der Waals surface area contributed by atoms with E-state index in [1.807, 2.05) is 30.3 Å². The summed E-state index contributed by atoms with van der Waals surface area (Å²) in [6, 6.07) is 12.4. The number of methoxy groups -OCH3 is 1. The van der Waals surface area contributed by atoms with Crippen molar-refractivity contribution in [3.63, 3.8) is 0 Å². The van der Waals surface area contributed by atoms with Crippen LogP contribution in [0.1, 0.15) is 18.4 Å². The summed E-state index contributed by atoms with van der Waals surface area (Å²) in [5.74, 6) is 1.54. The molecule has 0 bridgehead atoms. The maximum Gasteiger partial charge on any atom is 0.491 e. The molecule has 9 nitrogen and oxygen atoms in total. The number of nitrogens with zero attached hydrogens (tertiary/aromatic N) is 4. The van der Waals surface area contributed by atoms with Crippen LogP contribution in [-0.4, -0.2) is 67.3 Å². The molecule has 0 atom stereocenters. The van der Waals surface area contributed by atoms with Crippen molar-refractivity contribution in [1.82, 2.24) is 14.9 Å². The van der Waals surface area contributed by atoms with E-state index >= 15 is 0 Å². The number of anilines is 5. The van der Waals surface area contributed by atoms with Gasteiger partial charge in [0.1, 0.15) is 10.8 Å². The van der Waals surface area contributed by atoms with Gasteiger partial charge in [-0.3, -0.25) is 0 Å². The highest BCUT2D eigenvalue weighted by Gasteiger charge is 2.27. The minimum atomic E-state index is -0.922. The highest BCUT2D eigenvalue weighted by atomic mass is 35.5. The molecular weight excluding hydrogens is 479 g/mol.